The number of aromatic nitrogens is 1. The van der Waals surface area contributed by atoms with E-state index in [0.717, 1.165) is 64.2 Å². The van der Waals surface area contributed by atoms with E-state index in [-0.39, 0.29) is 34.3 Å². The number of hydrogen-bond acceptors (Lipinski definition) is 5. The predicted molar refractivity (Wildman–Crippen MR) is 207 cm³/mol. The molecular formula is C45H56N2O5. The molecule has 8 atom stereocenters. The molecule has 1 aromatic carbocycles. The zero-order valence-electron chi connectivity index (χ0n) is 32.6. The lowest BCUT2D eigenvalue weighted by Crippen LogP contribution is -2.62. The highest BCUT2D eigenvalue weighted by Crippen LogP contribution is 2.71. The minimum absolute atomic E-state index is 0.0858. The Bertz CT molecular complexity index is 2190. The zero-order valence-corrected chi connectivity index (χ0v) is 32.6. The van der Waals surface area contributed by atoms with E-state index in [1.54, 1.807) is 19.9 Å². The lowest BCUT2D eigenvalue weighted by molar-refractivity contribution is -0.144. The van der Waals surface area contributed by atoms with Gasteiger partial charge in [0.15, 0.2) is 0 Å². The van der Waals surface area contributed by atoms with Crippen molar-refractivity contribution in [2.24, 2.45) is 28.6 Å². The van der Waals surface area contributed by atoms with Crippen LogP contribution in [0.15, 0.2) is 30.9 Å². The van der Waals surface area contributed by atoms with Gasteiger partial charge in [0.2, 0.25) is 5.91 Å². The first-order chi connectivity index (χ1) is 24.0. The highest BCUT2D eigenvalue weighted by atomic mass is 16.5. The van der Waals surface area contributed by atoms with Gasteiger partial charge >= 0.3 is 0 Å². The molecule has 7 nitrogen and oxygen atoms in total. The molecule has 8 rings (SSSR count). The van der Waals surface area contributed by atoms with Gasteiger partial charge < -0.3 is 29.8 Å². The fraction of sp³-hybridized carbons (Fsp3) is 0.578. The Hall–Kier alpha value is -3.57. The number of fused-ring (bicyclic) bond motifs is 11. The number of carbonyl (C=O) groups is 1. The van der Waals surface area contributed by atoms with Crippen molar-refractivity contribution in [1.82, 2.24) is 9.72 Å². The van der Waals surface area contributed by atoms with Crippen LogP contribution in [0, 0.1) is 40.9 Å². The molecule has 276 valence electrons. The summed E-state index contributed by atoms with van der Waals surface area (Å²) in [6, 6.07) is 2.30. The third-order valence-electron chi connectivity index (χ3n) is 14.8. The van der Waals surface area contributed by atoms with Gasteiger partial charge in [-0.1, -0.05) is 39.3 Å². The number of carbonyl (C=O) groups excluding carboxylic acids is 1. The molecule has 4 aliphatic carbocycles. The Labute approximate surface area is 308 Å². The van der Waals surface area contributed by atoms with E-state index in [1.165, 1.54) is 11.3 Å². The number of terminal acetylenes is 1. The van der Waals surface area contributed by atoms with E-state index in [9.17, 15) is 20.1 Å². The van der Waals surface area contributed by atoms with E-state index in [4.69, 9.17) is 11.2 Å². The highest BCUT2D eigenvalue weighted by Gasteiger charge is 2.67. The normalized spacial score (nSPS) is 35.8. The van der Waals surface area contributed by atoms with Crippen molar-refractivity contribution in [1.29, 1.82) is 0 Å². The fourth-order valence-electron chi connectivity index (χ4n) is 12.6. The van der Waals surface area contributed by atoms with Crippen LogP contribution in [-0.2, 0) is 21.4 Å². The Kier molecular flexibility index (Phi) is 7.20. The number of rotatable bonds is 4. The molecule has 5 aliphatic rings. The van der Waals surface area contributed by atoms with Crippen LogP contribution < -0.4 is 5.32 Å². The maximum absolute atomic E-state index is 13.1. The summed E-state index contributed by atoms with van der Waals surface area (Å²) in [6.07, 6.45) is 14.2. The maximum Gasteiger partial charge on any atom is 0.244 e. The van der Waals surface area contributed by atoms with Crippen LogP contribution in [0.25, 0.3) is 27.4 Å². The van der Waals surface area contributed by atoms with Crippen LogP contribution in [0.3, 0.4) is 0 Å². The second-order valence-electron chi connectivity index (χ2n) is 19.2. The first-order valence-electron chi connectivity index (χ1n) is 19.2. The smallest absolute Gasteiger partial charge is 0.244 e. The van der Waals surface area contributed by atoms with Gasteiger partial charge in [0, 0.05) is 38.8 Å². The standard InChI is InChI=1S/C45H56N2O5/c1-13-40(4,5)46-31(49)17-18-43(10)29-15-14-24-20-27-26-21-25-28-22-41(6,7)52-42(8,9)34(28)37(50)32(25)33-36(26)47(35(23(2)3)38(33)51)39(27)45(24,12)44(29,11)19-16-30(43)48/h1,17-18,21-22,24,29-30,34,37,48,50-51H,2,14-16,19-20H2,3-12H3,(H,46,49)/t24?,29-,30-,34?,37+,43-,44-,45+/m0/s1. The second-order valence-corrected chi connectivity index (χ2v) is 19.2. The topological polar surface area (TPSA) is 103 Å². The lowest BCUT2D eigenvalue weighted by atomic mass is 9.40. The molecule has 7 heteroatoms. The van der Waals surface area contributed by atoms with Gasteiger partial charge in [-0.25, -0.2) is 0 Å². The van der Waals surface area contributed by atoms with Crippen molar-refractivity contribution in [2.45, 2.75) is 136 Å². The number of aromatic hydroxyl groups is 1. The molecule has 0 bridgehead atoms. The fourth-order valence-corrected chi connectivity index (χ4v) is 12.6. The molecular weight excluding hydrogens is 649 g/mol. The van der Waals surface area contributed by atoms with Gasteiger partial charge in [-0.15, -0.1) is 6.42 Å². The van der Waals surface area contributed by atoms with Crippen LogP contribution in [0.1, 0.15) is 129 Å². The first-order valence-corrected chi connectivity index (χ1v) is 19.2. The maximum atomic E-state index is 13.1. The Morgan fingerprint density at radius 2 is 1.83 bits per heavy atom. The second kappa shape index (κ2) is 10.6. The summed E-state index contributed by atoms with van der Waals surface area (Å²) < 4.78 is 8.85. The number of nitrogens with zero attached hydrogens (tertiary/aromatic N) is 1. The Balaban J connectivity index is 1.34. The summed E-state index contributed by atoms with van der Waals surface area (Å²) in [4.78, 5) is 13.1. The number of amides is 1. The van der Waals surface area contributed by atoms with E-state index in [1.807, 2.05) is 13.0 Å². The third-order valence-corrected chi connectivity index (χ3v) is 14.8. The van der Waals surface area contributed by atoms with Crippen LogP contribution in [0.4, 0.5) is 0 Å². The molecule has 0 radical (unpaired) electrons. The van der Waals surface area contributed by atoms with Crippen LogP contribution >= 0.6 is 0 Å². The Morgan fingerprint density at radius 3 is 2.48 bits per heavy atom. The van der Waals surface area contributed by atoms with Crippen molar-refractivity contribution < 1.29 is 24.9 Å². The molecule has 2 unspecified atom stereocenters. The summed E-state index contributed by atoms with van der Waals surface area (Å²) in [6.45, 7) is 25.2. The molecule has 3 aromatic rings. The third kappa shape index (κ3) is 4.29. The SMILES string of the molecule is C#CC(C)(C)NC(=O)C=C[C@]1(C)[C@@H](O)CC[C@@]2(C)[C@H]1CCC1Cc3c(n4c(C(=C)C)c(O)c5c6c(cc3c54)C3=CC(C)(C)OC(C)(C)C3[C@@H]6O)[C@@]12C. The van der Waals surface area contributed by atoms with Gasteiger partial charge in [-0.2, -0.15) is 0 Å². The number of hydrogen-bond donors (Lipinski definition) is 4. The number of ether oxygens (including phenoxy) is 1. The molecule has 1 aliphatic heterocycles. The minimum atomic E-state index is -0.841. The van der Waals surface area contributed by atoms with Crippen molar-refractivity contribution in [2.75, 3.05) is 0 Å². The average molecular weight is 705 g/mol. The summed E-state index contributed by atoms with van der Waals surface area (Å²) >= 11 is 0. The number of aliphatic hydroxyl groups excluding tert-OH is 2. The number of allylic oxidation sites excluding steroid dienone is 1. The molecule has 3 heterocycles. The summed E-state index contributed by atoms with van der Waals surface area (Å²) in [5, 5.41) is 41.0. The quantitative estimate of drug-likeness (QED) is 0.163. The molecule has 0 saturated heterocycles. The van der Waals surface area contributed by atoms with E-state index >= 15 is 0 Å². The largest absolute Gasteiger partial charge is 0.505 e. The van der Waals surface area contributed by atoms with Crippen LogP contribution in [0.2, 0.25) is 0 Å². The van der Waals surface area contributed by atoms with Crippen LogP contribution in [0.5, 0.6) is 5.75 Å². The zero-order chi connectivity index (χ0) is 37.9. The van der Waals surface area contributed by atoms with Gasteiger partial charge in [0.1, 0.15) is 5.75 Å². The first kappa shape index (κ1) is 35.5. The van der Waals surface area contributed by atoms with Crippen molar-refractivity contribution in [3.05, 3.63) is 59.0 Å². The molecule has 2 saturated carbocycles. The average Bonchev–Trinajstić information content (AvgIpc) is 3.70. The number of aliphatic hydroxyl groups is 2. The van der Waals surface area contributed by atoms with Crippen molar-refractivity contribution in [3.8, 4) is 18.1 Å². The van der Waals surface area contributed by atoms with Crippen LogP contribution in [-0.4, -0.2) is 48.5 Å². The summed E-state index contributed by atoms with van der Waals surface area (Å²) in [7, 11) is 0. The summed E-state index contributed by atoms with van der Waals surface area (Å²) in [5.41, 5.74) is 4.76. The molecule has 0 spiro atoms. The monoisotopic (exact) mass is 704 g/mol. The molecule has 2 fully saturated rings. The van der Waals surface area contributed by atoms with Gasteiger partial charge in [-0.05, 0) is 138 Å². The van der Waals surface area contributed by atoms with E-state index in [2.05, 4.69) is 82.8 Å². The molecule has 1 amide bonds. The Morgan fingerprint density at radius 1 is 1.13 bits per heavy atom. The van der Waals surface area contributed by atoms with Gasteiger partial charge in [-0.3, -0.25) is 4.79 Å². The van der Waals surface area contributed by atoms with Crippen molar-refractivity contribution >= 4 is 33.3 Å². The van der Waals surface area contributed by atoms with Crippen molar-refractivity contribution in [3.63, 3.8) is 0 Å². The number of benzene rings is 1. The molecule has 2 aromatic heterocycles. The molecule has 52 heavy (non-hydrogen) atoms. The summed E-state index contributed by atoms with van der Waals surface area (Å²) in [5.74, 6) is 2.73. The van der Waals surface area contributed by atoms with E-state index < -0.39 is 34.4 Å². The molecule has 4 N–H and O–H groups in total. The minimum Gasteiger partial charge on any atom is -0.505 e. The van der Waals surface area contributed by atoms with Gasteiger partial charge in [0.05, 0.1) is 40.2 Å². The van der Waals surface area contributed by atoms with E-state index in [0.29, 0.717) is 18.0 Å². The predicted octanol–water partition coefficient (Wildman–Crippen LogP) is 7.99. The highest BCUT2D eigenvalue weighted by molar-refractivity contribution is 6.11. The number of nitrogens with one attached hydrogen (secondary N) is 1. The lowest BCUT2D eigenvalue weighted by Gasteiger charge is -2.64. The van der Waals surface area contributed by atoms with Gasteiger partial charge in [0.25, 0.3) is 0 Å².